The first-order chi connectivity index (χ1) is 7.29. The number of ketones is 1. The van der Waals surface area contributed by atoms with Crippen molar-refractivity contribution >= 4 is 11.7 Å². The maximum Gasteiger partial charge on any atom is 0.217 e. The summed E-state index contributed by atoms with van der Waals surface area (Å²) in [6.45, 7) is 7.66. The fourth-order valence-electron chi connectivity index (χ4n) is 1.53. The Hall–Kier alpha value is -0.900. The van der Waals surface area contributed by atoms with E-state index in [1.807, 2.05) is 20.8 Å². The molecule has 0 fully saturated rings. The van der Waals surface area contributed by atoms with Crippen molar-refractivity contribution in [1.82, 2.24) is 5.32 Å². The van der Waals surface area contributed by atoms with E-state index >= 15 is 0 Å². The van der Waals surface area contributed by atoms with Crippen LogP contribution in [0.4, 0.5) is 0 Å². The number of hydrogen-bond acceptors (Lipinski definition) is 3. The first-order valence-electron chi connectivity index (χ1n) is 5.80. The second kappa shape index (κ2) is 6.63. The Bertz CT molecular complexity index is 244. The van der Waals surface area contributed by atoms with Gasteiger partial charge in [0.1, 0.15) is 0 Å². The molecule has 0 aliphatic rings. The molecule has 0 spiro atoms. The van der Waals surface area contributed by atoms with Gasteiger partial charge in [-0.3, -0.25) is 9.59 Å². The van der Waals surface area contributed by atoms with Crippen LogP contribution in [0.1, 0.15) is 47.0 Å². The van der Waals surface area contributed by atoms with Crippen LogP contribution in [-0.2, 0) is 9.59 Å². The molecular formula is C12H24N2O2. The van der Waals surface area contributed by atoms with E-state index in [1.165, 1.54) is 6.92 Å². The molecule has 16 heavy (non-hydrogen) atoms. The number of hydrogen-bond donors (Lipinski definition) is 2. The van der Waals surface area contributed by atoms with E-state index in [4.69, 9.17) is 5.73 Å². The van der Waals surface area contributed by atoms with E-state index in [-0.39, 0.29) is 17.7 Å². The van der Waals surface area contributed by atoms with Gasteiger partial charge in [-0.15, -0.1) is 0 Å². The van der Waals surface area contributed by atoms with Gasteiger partial charge >= 0.3 is 0 Å². The summed E-state index contributed by atoms with van der Waals surface area (Å²) < 4.78 is 0. The minimum Gasteiger partial charge on any atom is -0.347 e. The molecule has 0 heterocycles. The zero-order chi connectivity index (χ0) is 12.8. The molecule has 1 amide bonds. The molecule has 94 valence electrons. The summed E-state index contributed by atoms with van der Waals surface area (Å²) >= 11 is 0. The minimum absolute atomic E-state index is 0.0831. The van der Waals surface area contributed by atoms with Crippen LogP contribution >= 0.6 is 0 Å². The summed E-state index contributed by atoms with van der Waals surface area (Å²) in [5, 5.41) is 2.72. The van der Waals surface area contributed by atoms with Gasteiger partial charge in [0.25, 0.3) is 0 Å². The number of nitrogens with one attached hydrogen (secondary N) is 1. The van der Waals surface area contributed by atoms with Crippen molar-refractivity contribution in [3.8, 4) is 0 Å². The summed E-state index contributed by atoms with van der Waals surface area (Å²) in [6.07, 6.45) is 2.42. The predicted molar refractivity (Wildman–Crippen MR) is 65.0 cm³/mol. The van der Waals surface area contributed by atoms with Crippen molar-refractivity contribution in [3.63, 3.8) is 0 Å². The van der Waals surface area contributed by atoms with Crippen LogP contribution in [-0.4, -0.2) is 24.3 Å². The van der Waals surface area contributed by atoms with Crippen LogP contribution in [0.5, 0.6) is 0 Å². The molecule has 0 saturated carbocycles. The monoisotopic (exact) mass is 228 g/mol. The van der Waals surface area contributed by atoms with E-state index in [0.717, 1.165) is 12.8 Å². The molecule has 0 saturated heterocycles. The standard InChI is InChI=1S/C12H24N2O2/c1-9(15)14-10(7-5-6-8-13)11(16)12(2,3)4/h10H,5-8,13H2,1-4H3,(H,14,15)/t10-/m0/s1. The fraction of sp³-hybridized carbons (Fsp3) is 0.833. The number of carbonyl (C=O) groups excluding carboxylic acids is 2. The first-order valence-corrected chi connectivity index (χ1v) is 5.80. The molecule has 4 nitrogen and oxygen atoms in total. The van der Waals surface area contributed by atoms with Crippen LogP contribution in [0.3, 0.4) is 0 Å². The summed E-state index contributed by atoms with van der Waals surface area (Å²) in [5.74, 6) is -0.0740. The van der Waals surface area contributed by atoms with Crippen molar-refractivity contribution in [3.05, 3.63) is 0 Å². The quantitative estimate of drug-likeness (QED) is 0.672. The third kappa shape index (κ3) is 5.85. The number of amides is 1. The Morgan fingerprint density at radius 3 is 2.19 bits per heavy atom. The second-order valence-corrected chi connectivity index (χ2v) is 5.15. The highest BCUT2D eigenvalue weighted by molar-refractivity contribution is 5.91. The van der Waals surface area contributed by atoms with Gasteiger partial charge < -0.3 is 11.1 Å². The molecule has 0 unspecified atom stereocenters. The smallest absolute Gasteiger partial charge is 0.217 e. The van der Waals surface area contributed by atoms with Crippen LogP contribution in [0, 0.1) is 5.41 Å². The fourth-order valence-corrected chi connectivity index (χ4v) is 1.53. The van der Waals surface area contributed by atoms with Crippen LogP contribution < -0.4 is 11.1 Å². The lowest BCUT2D eigenvalue weighted by atomic mass is 9.84. The highest BCUT2D eigenvalue weighted by Gasteiger charge is 2.29. The maximum atomic E-state index is 12.0. The van der Waals surface area contributed by atoms with Gasteiger partial charge in [-0.05, 0) is 25.8 Å². The van der Waals surface area contributed by atoms with Crippen molar-refractivity contribution in [2.45, 2.75) is 53.0 Å². The molecule has 4 heteroatoms. The van der Waals surface area contributed by atoms with E-state index < -0.39 is 5.41 Å². The number of nitrogens with two attached hydrogens (primary N) is 1. The molecule has 0 aromatic rings. The Kier molecular flexibility index (Phi) is 6.26. The molecule has 0 radical (unpaired) electrons. The van der Waals surface area contributed by atoms with Gasteiger partial charge in [-0.25, -0.2) is 0 Å². The normalized spacial score (nSPS) is 13.3. The highest BCUT2D eigenvalue weighted by Crippen LogP contribution is 2.19. The van der Waals surface area contributed by atoms with Gasteiger partial charge in [-0.2, -0.15) is 0 Å². The van der Waals surface area contributed by atoms with E-state index in [2.05, 4.69) is 5.32 Å². The van der Waals surface area contributed by atoms with Crippen molar-refractivity contribution in [1.29, 1.82) is 0 Å². The third-order valence-electron chi connectivity index (χ3n) is 2.38. The average Bonchev–Trinajstić information content (AvgIpc) is 2.13. The predicted octanol–water partition coefficient (Wildman–Crippen LogP) is 1.24. The summed E-state index contributed by atoms with van der Waals surface area (Å²) in [5.41, 5.74) is 4.98. The number of carbonyl (C=O) groups is 2. The molecule has 1 atom stereocenters. The lowest BCUT2D eigenvalue weighted by molar-refractivity contribution is -0.132. The van der Waals surface area contributed by atoms with Gasteiger partial charge in [0, 0.05) is 12.3 Å². The molecule has 0 aromatic heterocycles. The van der Waals surface area contributed by atoms with Crippen LogP contribution in [0.15, 0.2) is 0 Å². The highest BCUT2D eigenvalue weighted by atomic mass is 16.2. The van der Waals surface area contributed by atoms with Crippen molar-refractivity contribution in [2.75, 3.05) is 6.54 Å². The van der Waals surface area contributed by atoms with Crippen LogP contribution in [0.2, 0.25) is 0 Å². The van der Waals surface area contributed by atoms with Crippen LogP contribution in [0.25, 0.3) is 0 Å². The Balaban J connectivity index is 4.42. The number of unbranched alkanes of at least 4 members (excludes halogenated alkanes) is 1. The summed E-state index contributed by atoms with van der Waals surface area (Å²) in [6, 6.07) is -0.371. The van der Waals surface area contributed by atoms with Gasteiger partial charge in [-0.1, -0.05) is 20.8 Å². The van der Waals surface area contributed by atoms with Gasteiger partial charge in [0.2, 0.25) is 5.91 Å². The minimum atomic E-state index is -0.421. The molecule has 0 bridgehead atoms. The summed E-state index contributed by atoms with van der Waals surface area (Å²) in [4.78, 5) is 23.1. The molecule has 0 aliphatic heterocycles. The van der Waals surface area contributed by atoms with Crippen molar-refractivity contribution < 1.29 is 9.59 Å². The van der Waals surface area contributed by atoms with E-state index in [1.54, 1.807) is 0 Å². The largest absolute Gasteiger partial charge is 0.347 e. The molecule has 0 rings (SSSR count). The van der Waals surface area contributed by atoms with Gasteiger partial charge in [0.05, 0.1) is 6.04 Å². The second-order valence-electron chi connectivity index (χ2n) is 5.15. The Labute approximate surface area is 98.0 Å². The zero-order valence-electron chi connectivity index (χ0n) is 10.8. The Morgan fingerprint density at radius 2 is 1.81 bits per heavy atom. The first kappa shape index (κ1) is 15.1. The molecule has 0 aromatic carbocycles. The third-order valence-corrected chi connectivity index (χ3v) is 2.38. The van der Waals surface area contributed by atoms with Crippen molar-refractivity contribution in [2.24, 2.45) is 11.1 Å². The molecule has 0 aliphatic carbocycles. The topological polar surface area (TPSA) is 72.2 Å². The van der Waals surface area contributed by atoms with Gasteiger partial charge in [0.15, 0.2) is 5.78 Å². The Morgan fingerprint density at radius 1 is 1.25 bits per heavy atom. The lowest BCUT2D eigenvalue weighted by Gasteiger charge is -2.25. The zero-order valence-corrected chi connectivity index (χ0v) is 10.8. The average molecular weight is 228 g/mol. The number of rotatable bonds is 6. The summed E-state index contributed by atoms with van der Waals surface area (Å²) in [7, 11) is 0. The van der Waals surface area contributed by atoms with E-state index in [9.17, 15) is 9.59 Å². The lowest BCUT2D eigenvalue weighted by Crippen LogP contribution is -2.44. The number of Topliss-reactive ketones (excluding diaryl/α,β-unsaturated/α-hetero) is 1. The maximum absolute atomic E-state index is 12.0. The SMILES string of the molecule is CC(=O)N[C@@H](CCCCN)C(=O)C(C)(C)C. The molecule has 3 N–H and O–H groups in total. The molecular weight excluding hydrogens is 204 g/mol. The van der Waals surface area contributed by atoms with E-state index in [0.29, 0.717) is 13.0 Å².